The van der Waals surface area contributed by atoms with Crippen LogP contribution in [-0.2, 0) is 18.8 Å². The number of hydrogen-bond acceptors (Lipinski definition) is 6. The molecule has 114 valence electrons. The highest BCUT2D eigenvalue weighted by Crippen LogP contribution is 2.32. The first-order valence-electron chi connectivity index (χ1n) is 6.06. The van der Waals surface area contributed by atoms with Crippen LogP contribution in [0.15, 0.2) is 12.3 Å². The molecule has 1 heterocycles. The van der Waals surface area contributed by atoms with Crippen LogP contribution in [-0.4, -0.2) is 53.0 Å². The zero-order valence-corrected chi connectivity index (χ0v) is 12.2. The molecule has 9 heteroatoms. The minimum absolute atomic E-state index is 0.0340. The lowest BCUT2D eigenvalue weighted by Crippen LogP contribution is -2.34. The molecule has 3 atom stereocenters. The van der Waals surface area contributed by atoms with E-state index in [0.29, 0.717) is 12.8 Å². The highest BCUT2D eigenvalue weighted by atomic mass is 31.2. The van der Waals surface area contributed by atoms with Crippen molar-refractivity contribution in [2.45, 2.75) is 25.7 Å². The number of nitrogens with zero attached hydrogens (tertiary/aromatic N) is 1. The summed E-state index contributed by atoms with van der Waals surface area (Å²) in [6, 6.07) is 0. The van der Waals surface area contributed by atoms with E-state index in [4.69, 9.17) is 19.0 Å². The van der Waals surface area contributed by atoms with E-state index in [1.165, 1.54) is 24.2 Å². The Morgan fingerprint density at radius 1 is 1.60 bits per heavy atom. The van der Waals surface area contributed by atoms with Crippen molar-refractivity contribution in [1.29, 1.82) is 0 Å². The molecule has 0 bridgehead atoms. The molecule has 2 amide bonds. The number of hydrogen-bond donors (Lipinski definition) is 3. The molecule has 0 aromatic carbocycles. The highest BCUT2D eigenvalue weighted by Gasteiger charge is 2.35. The fourth-order valence-corrected chi connectivity index (χ4v) is 2.26. The first-order valence-corrected chi connectivity index (χ1v) is 7.23. The molecule has 3 unspecified atom stereocenters. The van der Waals surface area contributed by atoms with Crippen LogP contribution in [0.3, 0.4) is 0 Å². The zero-order chi connectivity index (χ0) is 15.1. The van der Waals surface area contributed by atoms with Gasteiger partial charge in [0, 0.05) is 25.2 Å². The second-order valence-electron chi connectivity index (χ2n) is 4.39. The lowest BCUT2D eigenvalue weighted by atomic mass is 10.1. The molecule has 8 nitrogen and oxygen atoms in total. The van der Waals surface area contributed by atoms with Gasteiger partial charge in [0.15, 0.2) is 0 Å². The van der Waals surface area contributed by atoms with Crippen LogP contribution < -0.4 is 5.32 Å². The molecule has 1 saturated heterocycles. The number of amides is 2. The third kappa shape index (κ3) is 5.15. The topological polar surface area (TPSA) is 108 Å². The Kier molecular flexibility index (Phi) is 7.04. The van der Waals surface area contributed by atoms with Gasteiger partial charge < -0.3 is 24.4 Å². The van der Waals surface area contributed by atoms with Crippen LogP contribution in [0.4, 0.5) is 0 Å². The van der Waals surface area contributed by atoms with Crippen LogP contribution in [0.5, 0.6) is 0 Å². The first kappa shape index (κ1) is 17.0. The third-order valence-electron chi connectivity index (χ3n) is 2.89. The van der Waals surface area contributed by atoms with Crippen molar-refractivity contribution in [1.82, 2.24) is 10.2 Å². The summed E-state index contributed by atoms with van der Waals surface area (Å²) in [6.07, 6.45) is 2.94. The largest absolute Gasteiger partial charge is 0.356 e. The summed E-state index contributed by atoms with van der Waals surface area (Å²) in [5, 5.41) is 2.41. The molecule has 0 radical (unpaired) electrons. The maximum Gasteiger partial charge on any atom is 0.327 e. The summed E-state index contributed by atoms with van der Waals surface area (Å²) in [7, 11) is -0.924. The van der Waals surface area contributed by atoms with Gasteiger partial charge in [0.25, 0.3) is 0 Å². The van der Waals surface area contributed by atoms with Crippen LogP contribution in [0, 0.1) is 5.92 Å². The summed E-state index contributed by atoms with van der Waals surface area (Å²) in [5.41, 5.74) is 0. The van der Waals surface area contributed by atoms with E-state index in [1.807, 2.05) is 6.92 Å². The fourth-order valence-electron chi connectivity index (χ4n) is 1.96. The second-order valence-corrected chi connectivity index (χ2v) is 5.16. The van der Waals surface area contributed by atoms with Gasteiger partial charge in [0.2, 0.25) is 12.3 Å². The minimum Gasteiger partial charge on any atom is -0.356 e. The predicted molar refractivity (Wildman–Crippen MR) is 70.9 cm³/mol. The molecule has 1 fully saturated rings. The standard InChI is InChI=1S/C11H19N2O6P/c1-8-5-9(6-18-20(16)17)19-11(8)13(7-14)4-3-10(15)12-2/h3-4,7-9,11,16-17H,5-6H2,1-2H3,(H,12,15)/b4-3-. The monoisotopic (exact) mass is 306 g/mol. The van der Waals surface area contributed by atoms with Crippen LogP contribution in [0.2, 0.25) is 0 Å². The lowest BCUT2D eigenvalue weighted by Gasteiger charge is -2.24. The Bertz CT molecular complexity index is 365. The molecule has 0 aliphatic carbocycles. The molecular formula is C11H19N2O6P. The van der Waals surface area contributed by atoms with Gasteiger partial charge in [-0.15, -0.1) is 0 Å². The van der Waals surface area contributed by atoms with Crippen molar-refractivity contribution in [3.63, 3.8) is 0 Å². The van der Waals surface area contributed by atoms with Gasteiger partial charge in [-0.2, -0.15) is 0 Å². The average molecular weight is 306 g/mol. The molecular weight excluding hydrogens is 287 g/mol. The summed E-state index contributed by atoms with van der Waals surface area (Å²) >= 11 is 0. The molecule has 0 aromatic rings. The van der Waals surface area contributed by atoms with Gasteiger partial charge in [0.05, 0.1) is 12.7 Å². The summed E-state index contributed by atoms with van der Waals surface area (Å²) in [5.74, 6) is -0.291. The van der Waals surface area contributed by atoms with E-state index >= 15 is 0 Å². The number of rotatable bonds is 7. The van der Waals surface area contributed by atoms with Crippen LogP contribution in [0.1, 0.15) is 13.3 Å². The molecule has 3 N–H and O–H groups in total. The van der Waals surface area contributed by atoms with Crippen molar-refractivity contribution in [2.75, 3.05) is 13.7 Å². The first-order chi connectivity index (χ1) is 9.47. The molecule has 1 aliphatic rings. The highest BCUT2D eigenvalue weighted by molar-refractivity contribution is 7.39. The Balaban J connectivity index is 2.58. The SMILES string of the molecule is CNC(=O)/C=C\N(C=O)C1OC(COP(O)O)CC1C. The van der Waals surface area contributed by atoms with E-state index in [0.717, 1.165) is 0 Å². The van der Waals surface area contributed by atoms with Crippen LogP contribution >= 0.6 is 8.60 Å². The quantitative estimate of drug-likeness (QED) is 0.338. The Labute approximate surface area is 118 Å². The van der Waals surface area contributed by atoms with E-state index in [1.54, 1.807) is 0 Å². The molecule has 0 saturated carbocycles. The molecule has 0 spiro atoms. The van der Waals surface area contributed by atoms with Crippen LogP contribution in [0.25, 0.3) is 0 Å². The number of nitrogens with one attached hydrogen (secondary N) is 1. The maximum atomic E-state index is 11.1. The van der Waals surface area contributed by atoms with Crippen molar-refractivity contribution < 1.29 is 28.6 Å². The minimum atomic E-state index is -2.41. The van der Waals surface area contributed by atoms with Crippen molar-refractivity contribution in [3.8, 4) is 0 Å². The Hall–Kier alpha value is -1.05. The molecule has 1 aliphatic heterocycles. The van der Waals surface area contributed by atoms with Crippen molar-refractivity contribution in [3.05, 3.63) is 12.3 Å². The summed E-state index contributed by atoms with van der Waals surface area (Å²) in [6.45, 7) is 1.95. The number of carbonyl (C=O) groups is 2. The molecule has 0 aromatic heterocycles. The summed E-state index contributed by atoms with van der Waals surface area (Å²) in [4.78, 5) is 40.8. The fraction of sp³-hybridized carbons (Fsp3) is 0.636. The van der Waals surface area contributed by atoms with Gasteiger partial charge in [-0.1, -0.05) is 6.92 Å². The van der Waals surface area contributed by atoms with Crippen molar-refractivity contribution >= 4 is 20.9 Å². The lowest BCUT2D eigenvalue weighted by molar-refractivity contribution is -0.129. The Morgan fingerprint density at radius 3 is 2.85 bits per heavy atom. The van der Waals surface area contributed by atoms with E-state index < -0.39 is 14.8 Å². The van der Waals surface area contributed by atoms with E-state index in [9.17, 15) is 9.59 Å². The average Bonchev–Trinajstić information content (AvgIpc) is 2.78. The van der Waals surface area contributed by atoms with Gasteiger partial charge in [-0.3, -0.25) is 14.5 Å². The Morgan fingerprint density at radius 2 is 2.30 bits per heavy atom. The van der Waals surface area contributed by atoms with Gasteiger partial charge in [0.1, 0.15) is 6.23 Å². The molecule has 1 rings (SSSR count). The number of likely N-dealkylation sites (N-methyl/N-ethyl adjacent to an activating group) is 1. The smallest absolute Gasteiger partial charge is 0.327 e. The predicted octanol–water partition coefficient (Wildman–Crippen LogP) is -0.316. The zero-order valence-electron chi connectivity index (χ0n) is 11.3. The number of ether oxygens (including phenoxy) is 1. The van der Waals surface area contributed by atoms with E-state index in [2.05, 4.69) is 5.32 Å². The van der Waals surface area contributed by atoms with Gasteiger partial charge >= 0.3 is 8.60 Å². The van der Waals surface area contributed by atoms with Gasteiger partial charge in [-0.05, 0) is 6.42 Å². The second kappa shape index (κ2) is 8.28. The third-order valence-corrected chi connectivity index (χ3v) is 3.27. The van der Waals surface area contributed by atoms with E-state index in [-0.39, 0.29) is 24.5 Å². The normalized spacial score (nSPS) is 26.1. The number of carbonyl (C=O) groups excluding carboxylic acids is 2. The van der Waals surface area contributed by atoms with Crippen molar-refractivity contribution in [2.24, 2.45) is 5.92 Å². The molecule has 20 heavy (non-hydrogen) atoms. The summed E-state index contributed by atoms with van der Waals surface area (Å²) < 4.78 is 10.3. The van der Waals surface area contributed by atoms with Gasteiger partial charge in [-0.25, -0.2) is 0 Å². The maximum absolute atomic E-state index is 11.1.